The van der Waals surface area contributed by atoms with Gasteiger partial charge in [0.15, 0.2) is 0 Å². The monoisotopic (exact) mass is 414 g/mol. The van der Waals surface area contributed by atoms with Gasteiger partial charge in [0.2, 0.25) is 0 Å². The second-order valence-corrected chi connectivity index (χ2v) is 9.30. The topological polar surface area (TPSA) is 26.0 Å². The lowest BCUT2D eigenvalue weighted by Gasteiger charge is -2.27. The van der Waals surface area contributed by atoms with Crippen LogP contribution in [-0.2, 0) is 0 Å². The second kappa shape index (κ2) is 10.5. The lowest BCUT2D eigenvalue weighted by molar-refractivity contribution is 0.938. The average Bonchev–Trinajstić information content (AvgIpc) is 2.72. The molecule has 0 spiro atoms. The zero-order valence-electron chi connectivity index (χ0n) is 14.7. The number of hydrogen-bond donors (Lipinski definition) is 1. The summed E-state index contributed by atoms with van der Waals surface area (Å²) in [4.78, 5) is 0. The number of nitrogens with two attached hydrogens (primary N) is 1. The Kier molecular flexibility index (Phi) is 8.34. The Morgan fingerprint density at radius 1 is 0.640 bits per heavy atom. The molecule has 25 heavy (non-hydrogen) atoms. The molecule has 3 aromatic rings. The van der Waals surface area contributed by atoms with Gasteiger partial charge >= 0.3 is 0 Å². The molecule has 0 bridgehead atoms. The zero-order chi connectivity index (χ0) is 18.0. The molecule has 0 aromatic heterocycles. The molecule has 0 radical (unpaired) electrons. The molecule has 3 heteroatoms. The molecular weight excluding hydrogens is 389 g/mol. The van der Waals surface area contributed by atoms with E-state index < -0.39 is 7.26 Å². The molecule has 0 aliphatic rings. The summed E-state index contributed by atoms with van der Waals surface area (Å²) in [5.74, 6) is 1.81. The van der Waals surface area contributed by atoms with Gasteiger partial charge < -0.3 is 5.73 Å². The summed E-state index contributed by atoms with van der Waals surface area (Å²) in [7, 11) is -1.65. The van der Waals surface area contributed by atoms with Crippen molar-refractivity contribution in [2.24, 2.45) is 5.73 Å². The van der Waals surface area contributed by atoms with Crippen molar-refractivity contribution < 1.29 is 0 Å². The van der Waals surface area contributed by atoms with Crippen molar-refractivity contribution in [3.63, 3.8) is 0 Å². The van der Waals surface area contributed by atoms with E-state index in [1.165, 1.54) is 15.9 Å². The van der Waals surface area contributed by atoms with Crippen molar-refractivity contribution in [1.29, 1.82) is 0 Å². The Labute approximate surface area is 160 Å². The highest BCUT2D eigenvalue weighted by atomic mass is 79.9. The van der Waals surface area contributed by atoms with Crippen LogP contribution in [0.15, 0.2) is 91.0 Å². The van der Waals surface area contributed by atoms with Crippen LogP contribution in [0, 0.1) is 0 Å². The summed E-state index contributed by atoms with van der Waals surface area (Å²) in [6.45, 7) is 0.730. The van der Waals surface area contributed by atoms with Gasteiger partial charge in [-0.15, -0.1) is 0 Å². The van der Waals surface area contributed by atoms with Gasteiger partial charge in [-0.2, -0.15) is 0 Å². The number of benzene rings is 3. The van der Waals surface area contributed by atoms with E-state index in [-0.39, 0.29) is 0 Å². The molecule has 0 heterocycles. The maximum absolute atomic E-state index is 5.89. The molecule has 0 saturated carbocycles. The van der Waals surface area contributed by atoms with Crippen LogP contribution in [-0.4, -0.2) is 18.5 Å². The Morgan fingerprint density at radius 3 is 1.24 bits per heavy atom. The summed E-state index contributed by atoms with van der Waals surface area (Å²) in [5, 5.41) is 4.31. The van der Waals surface area contributed by atoms with Crippen molar-refractivity contribution in [2.75, 3.05) is 18.5 Å². The minimum atomic E-state index is -1.65. The number of alkyl halides is 1. The molecule has 0 aliphatic carbocycles. The van der Waals surface area contributed by atoms with Crippen LogP contribution in [0.3, 0.4) is 0 Å². The first-order valence-electron chi connectivity index (χ1n) is 8.51. The molecule has 0 aliphatic heterocycles. The van der Waals surface area contributed by atoms with Crippen LogP contribution in [0.25, 0.3) is 0 Å². The molecule has 0 unspecified atom stereocenters. The Balaban J connectivity index is 0.00000109. The van der Waals surface area contributed by atoms with Gasteiger partial charge in [-0.1, -0.05) is 70.5 Å². The highest BCUT2D eigenvalue weighted by Crippen LogP contribution is 2.55. The van der Waals surface area contributed by atoms with Gasteiger partial charge in [-0.25, -0.2) is 0 Å². The van der Waals surface area contributed by atoms with Crippen molar-refractivity contribution in [1.82, 2.24) is 0 Å². The standard InChI is InChI=1S/C21H23NP.CH3Br/c22-17-10-18-23(19-11-4-1-5-12-19,20-13-6-2-7-14-20)21-15-8-3-9-16-21;1-2/h1-9,11-16H,10,17-18,22H2;1H3/q+1;. The zero-order valence-corrected chi connectivity index (χ0v) is 17.2. The largest absolute Gasteiger partial charge is 0.330 e. The lowest BCUT2D eigenvalue weighted by Crippen LogP contribution is -2.33. The molecule has 130 valence electrons. The fraction of sp³-hybridized carbons (Fsp3) is 0.182. The normalized spacial score (nSPS) is 10.7. The van der Waals surface area contributed by atoms with Gasteiger partial charge in [0.1, 0.15) is 23.2 Å². The van der Waals surface area contributed by atoms with Gasteiger partial charge in [0.25, 0.3) is 0 Å². The maximum Gasteiger partial charge on any atom is 0.112 e. The van der Waals surface area contributed by atoms with Crippen LogP contribution in [0.4, 0.5) is 0 Å². The number of halogens is 1. The second-order valence-electron chi connectivity index (χ2n) is 5.68. The minimum Gasteiger partial charge on any atom is -0.330 e. The first-order chi connectivity index (χ1) is 12.4. The first-order valence-corrected chi connectivity index (χ1v) is 12.1. The predicted octanol–water partition coefficient (Wildman–Crippen LogP) is 4.34. The first kappa shape index (κ1) is 19.8. The van der Waals surface area contributed by atoms with Crippen molar-refractivity contribution in [2.45, 2.75) is 6.42 Å². The third kappa shape index (κ3) is 4.58. The van der Waals surface area contributed by atoms with Crippen LogP contribution >= 0.6 is 23.2 Å². The molecule has 0 fully saturated rings. The van der Waals surface area contributed by atoms with E-state index in [0.29, 0.717) is 0 Å². The molecular formula is C22H26BrNP+. The molecule has 0 saturated heterocycles. The van der Waals surface area contributed by atoms with E-state index in [2.05, 4.69) is 107 Å². The van der Waals surface area contributed by atoms with Crippen molar-refractivity contribution in [3.8, 4) is 0 Å². The Hall–Kier alpha value is -1.47. The highest BCUT2D eigenvalue weighted by molar-refractivity contribution is 9.08. The SMILES string of the molecule is CBr.NCCC[P+](c1ccccc1)(c1ccccc1)c1ccccc1. The van der Waals surface area contributed by atoms with Crippen LogP contribution in [0.2, 0.25) is 0 Å². The molecule has 3 rings (SSSR count). The summed E-state index contributed by atoms with van der Waals surface area (Å²) in [6.07, 6.45) is 2.15. The van der Waals surface area contributed by atoms with Gasteiger partial charge in [-0.3, -0.25) is 0 Å². The predicted molar refractivity (Wildman–Crippen MR) is 119 cm³/mol. The van der Waals surface area contributed by atoms with E-state index in [1.54, 1.807) is 0 Å². The van der Waals surface area contributed by atoms with Crippen LogP contribution < -0.4 is 21.6 Å². The molecule has 0 atom stereocenters. The summed E-state index contributed by atoms with van der Waals surface area (Å²) >= 11 is 2.94. The van der Waals surface area contributed by atoms with Crippen LogP contribution in [0.5, 0.6) is 0 Å². The number of hydrogen-bond acceptors (Lipinski definition) is 1. The summed E-state index contributed by atoms with van der Waals surface area (Å²) in [6, 6.07) is 32.9. The van der Waals surface area contributed by atoms with Gasteiger partial charge in [0.05, 0.1) is 6.16 Å². The highest BCUT2D eigenvalue weighted by Gasteiger charge is 2.44. The minimum absolute atomic E-state index is 0.730. The fourth-order valence-electron chi connectivity index (χ4n) is 3.21. The van der Waals surface area contributed by atoms with E-state index in [0.717, 1.165) is 19.1 Å². The molecule has 2 N–H and O–H groups in total. The average molecular weight is 415 g/mol. The molecule has 3 aromatic carbocycles. The smallest absolute Gasteiger partial charge is 0.112 e. The van der Waals surface area contributed by atoms with E-state index in [4.69, 9.17) is 5.73 Å². The van der Waals surface area contributed by atoms with E-state index in [9.17, 15) is 0 Å². The van der Waals surface area contributed by atoms with Crippen molar-refractivity contribution >= 4 is 39.1 Å². The lowest BCUT2D eigenvalue weighted by atomic mass is 10.4. The van der Waals surface area contributed by atoms with Gasteiger partial charge in [0, 0.05) is 0 Å². The van der Waals surface area contributed by atoms with Crippen molar-refractivity contribution in [3.05, 3.63) is 91.0 Å². The summed E-state index contributed by atoms with van der Waals surface area (Å²) < 4.78 is 0. The Morgan fingerprint density at radius 2 is 0.960 bits per heavy atom. The molecule has 1 nitrogen and oxygen atoms in total. The summed E-state index contributed by atoms with van der Waals surface area (Å²) in [5.41, 5.74) is 5.89. The molecule has 0 amide bonds. The van der Waals surface area contributed by atoms with E-state index >= 15 is 0 Å². The van der Waals surface area contributed by atoms with Crippen LogP contribution in [0.1, 0.15) is 6.42 Å². The van der Waals surface area contributed by atoms with Gasteiger partial charge in [-0.05, 0) is 55.2 Å². The Bertz CT molecular complexity index is 620. The quantitative estimate of drug-likeness (QED) is 0.471. The van der Waals surface area contributed by atoms with E-state index in [1.807, 2.05) is 5.83 Å². The maximum atomic E-state index is 5.89. The third-order valence-electron chi connectivity index (χ3n) is 4.29. The fourth-order valence-corrected chi connectivity index (χ4v) is 7.58. The third-order valence-corrected chi connectivity index (χ3v) is 8.81. The number of rotatable bonds is 6.